The van der Waals surface area contributed by atoms with Crippen molar-refractivity contribution in [2.75, 3.05) is 6.54 Å². The van der Waals surface area contributed by atoms with Crippen molar-refractivity contribution >= 4 is 26.8 Å². The fourth-order valence-corrected chi connectivity index (χ4v) is 3.14. The third-order valence-electron chi connectivity index (χ3n) is 4.01. The van der Waals surface area contributed by atoms with Gasteiger partial charge in [0.25, 0.3) is 0 Å². The van der Waals surface area contributed by atoms with Crippen molar-refractivity contribution in [3.05, 3.63) is 40.5 Å². The van der Waals surface area contributed by atoms with Crippen LogP contribution in [-0.4, -0.2) is 11.5 Å². The number of halogens is 1. The van der Waals surface area contributed by atoms with Crippen LogP contribution in [0.15, 0.2) is 34.8 Å². The molecule has 3 heteroatoms. The first kappa shape index (κ1) is 16.4. The van der Waals surface area contributed by atoms with E-state index in [1.165, 1.54) is 11.8 Å². The van der Waals surface area contributed by atoms with Crippen LogP contribution in [0, 0.1) is 5.92 Å². The molecule has 0 amide bonds. The van der Waals surface area contributed by atoms with Gasteiger partial charge in [-0.05, 0) is 53.4 Å². The second-order valence-electron chi connectivity index (χ2n) is 5.80. The van der Waals surface area contributed by atoms with Crippen LogP contribution < -0.4 is 5.32 Å². The Morgan fingerprint density at radius 1 is 1.24 bits per heavy atom. The molecule has 0 saturated heterocycles. The lowest BCUT2D eigenvalue weighted by atomic mass is 9.96. The number of nitrogens with zero attached hydrogens (tertiary/aromatic N) is 1. The van der Waals surface area contributed by atoms with E-state index in [9.17, 15) is 0 Å². The quantitative estimate of drug-likeness (QED) is 0.716. The number of fused-ring (bicyclic) bond motifs is 1. The number of rotatable bonds is 7. The zero-order valence-corrected chi connectivity index (χ0v) is 14.8. The van der Waals surface area contributed by atoms with Crippen LogP contribution in [0.4, 0.5) is 0 Å². The maximum Gasteiger partial charge on any atom is 0.0722 e. The molecule has 0 bridgehead atoms. The SMILES string of the molecule is CCCNC(CC(C)CC)c1nc2ccccc2cc1Br. The Morgan fingerprint density at radius 2 is 2.00 bits per heavy atom. The zero-order valence-electron chi connectivity index (χ0n) is 13.2. The van der Waals surface area contributed by atoms with Crippen molar-refractivity contribution in [2.24, 2.45) is 5.92 Å². The average Bonchev–Trinajstić information content (AvgIpc) is 2.50. The van der Waals surface area contributed by atoms with Gasteiger partial charge < -0.3 is 5.32 Å². The molecule has 1 aromatic heterocycles. The summed E-state index contributed by atoms with van der Waals surface area (Å²) >= 11 is 3.72. The summed E-state index contributed by atoms with van der Waals surface area (Å²) in [5.41, 5.74) is 2.21. The third-order valence-corrected chi connectivity index (χ3v) is 4.65. The first-order valence-electron chi connectivity index (χ1n) is 7.94. The molecule has 0 spiro atoms. The number of benzene rings is 1. The van der Waals surface area contributed by atoms with Gasteiger partial charge in [-0.25, -0.2) is 4.98 Å². The Morgan fingerprint density at radius 3 is 2.71 bits per heavy atom. The lowest BCUT2D eigenvalue weighted by molar-refractivity contribution is 0.396. The predicted octanol–water partition coefficient (Wildman–Crippen LogP) is 5.47. The van der Waals surface area contributed by atoms with Gasteiger partial charge in [-0.15, -0.1) is 0 Å². The summed E-state index contributed by atoms with van der Waals surface area (Å²) in [4.78, 5) is 4.91. The highest BCUT2D eigenvalue weighted by atomic mass is 79.9. The molecule has 0 aliphatic rings. The van der Waals surface area contributed by atoms with Gasteiger partial charge in [0.05, 0.1) is 17.3 Å². The minimum Gasteiger partial charge on any atom is -0.309 e. The topological polar surface area (TPSA) is 24.9 Å². The second-order valence-corrected chi connectivity index (χ2v) is 6.66. The van der Waals surface area contributed by atoms with E-state index in [2.05, 4.69) is 72.3 Å². The normalized spacial score (nSPS) is 14.3. The summed E-state index contributed by atoms with van der Waals surface area (Å²) in [6.07, 6.45) is 3.47. The van der Waals surface area contributed by atoms with Crippen LogP contribution in [0.2, 0.25) is 0 Å². The van der Waals surface area contributed by atoms with E-state index in [4.69, 9.17) is 4.98 Å². The van der Waals surface area contributed by atoms with Gasteiger partial charge in [-0.1, -0.05) is 45.4 Å². The summed E-state index contributed by atoms with van der Waals surface area (Å²) in [5.74, 6) is 0.694. The fraction of sp³-hybridized carbons (Fsp3) is 0.500. The number of nitrogens with one attached hydrogen (secondary N) is 1. The average molecular weight is 349 g/mol. The van der Waals surface area contributed by atoms with Gasteiger partial charge in [-0.3, -0.25) is 0 Å². The molecule has 0 fully saturated rings. The van der Waals surface area contributed by atoms with Gasteiger partial charge in [-0.2, -0.15) is 0 Å². The molecule has 0 saturated carbocycles. The molecule has 2 rings (SSSR count). The summed E-state index contributed by atoms with van der Waals surface area (Å²) in [7, 11) is 0. The number of hydrogen-bond acceptors (Lipinski definition) is 2. The molecule has 0 aliphatic carbocycles. The monoisotopic (exact) mass is 348 g/mol. The maximum atomic E-state index is 4.91. The Hall–Kier alpha value is -0.930. The number of aromatic nitrogens is 1. The molecule has 1 aromatic carbocycles. The number of para-hydroxylation sites is 1. The van der Waals surface area contributed by atoms with E-state index in [0.29, 0.717) is 12.0 Å². The Bertz CT molecular complexity index is 582. The van der Waals surface area contributed by atoms with Crippen LogP contribution in [0.25, 0.3) is 10.9 Å². The number of hydrogen-bond donors (Lipinski definition) is 1. The molecule has 21 heavy (non-hydrogen) atoms. The van der Waals surface area contributed by atoms with Crippen molar-refractivity contribution in [1.29, 1.82) is 0 Å². The van der Waals surface area contributed by atoms with Crippen molar-refractivity contribution < 1.29 is 0 Å². The lowest BCUT2D eigenvalue weighted by Crippen LogP contribution is -2.25. The smallest absolute Gasteiger partial charge is 0.0722 e. The molecule has 2 nitrogen and oxygen atoms in total. The molecular weight excluding hydrogens is 324 g/mol. The molecule has 2 atom stereocenters. The van der Waals surface area contributed by atoms with E-state index in [-0.39, 0.29) is 0 Å². The maximum absolute atomic E-state index is 4.91. The minimum absolute atomic E-state index is 0.318. The van der Waals surface area contributed by atoms with E-state index >= 15 is 0 Å². The Balaban J connectivity index is 2.35. The summed E-state index contributed by atoms with van der Waals surface area (Å²) in [6, 6.07) is 10.8. The highest BCUT2D eigenvalue weighted by Crippen LogP contribution is 2.30. The molecule has 0 aliphatic heterocycles. The second kappa shape index (κ2) is 7.90. The van der Waals surface area contributed by atoms with E-state index in [1.807, 2.05) is 0 Å². The lowest BCUT2D eigenvalue weighted by Gasteiger charge is -2.22. The summed E-state index contributed by atoms with van der Waals surface area (Å²) < 4.78 is 1.11. The molecule has 2 aromatic rings. The summed E-state index contributed by atoms with van der Waals surface area (Å²) in [5, 5.41) is 4.85. The van der Waals surface area contributed by atoms with E-state index < -0.39 is 0 Å². The Kier molecular flexibility index (Phi) is 6.19. The minimum atomic E-state index is 0.318. The van der Waals surface area contributed by atoms with Gasteiger partial charge in [0, 0.05) is 9.86 Å². The summed E-state index contributed by atoms with van der Waals surface area (Å²) in [6.45, 7) is 7.80. The molecule has 0 radical (unpaired) electrons. The van der Waals surface area contributed by atoms with Gasteiger partial charge in [0.15, 0.2) is 0 Å². The van der Waals surface area contributed by atoms with Crippen molar-refractivity contribution in [3.8, 4) is 0 Å². The largest absolute Gasteiger partial charge is 0.309 e. The molecular formula is C18H25BrN2. The van der Waals surface area contributed by atoms with Crippen molar-refractivity contribution in [3.63, 3.8) is 0 Å². The van der Waals surface area contributed by atoms with Crippen LogP contribution in [0.5, 0.6) is 0 Å². The van der Waals surface area contributed by atoms with Crippen LogP contribution in [0.1, 0.15) is 51.8 Å². The van der Waals surface area contributed by atoms with Crippen LogP contribution in [-0.2, 0) is 0 Å². The van der Waals surface area contributed by atoms with Gasteiger partial charge >= 0.3 is 0 Å². The molecule has 1 heterocycles. The van der Waals surface area contributed by atoms with Crippen LogP contribution in [0.3, 0.4) is 0 Å². The first-order chi connectivity index (χ1) is 10.2. The highest BCUT2D eigenvalue weighted by Gasteiger charge is 2.18. The zero-order chi connectivity index (χ0) is 15.2. The van der Waals surface area contributed by atoms with Crippen LogP contribution >= 0.6 is 15.9 Å². The van der Waals surface area contributed by atoms with Gasteiger partial charge in [0.1, 0.15) is 0 Å². The van der Waals surface area contributed by atoms with Crippen molar-refractivity contribution in [1.82, 2.24) is 10.3 Å². The van der Waals surface area contributed by atoms with E-state index in [1.54, 1.807) is 0 Å². The highest BCUT2D eigenvalue weighted by molar-refractivity contribution is 9.10. The Labute approximate surface area is 136 Å². The number of pyridine rings is 1. The predicted molar refractivity (Wildman–Crippen MR) is 94.5 cm³/mol. The van der Waals surface area contributed by atoms with Crippen molar-refractivity contribution in [2.45, 2.75) is 46.1 Å². The van der Waals surface area contributed by atoms with E-state index in [0.717, 1.165) is 35.1 Å². The van der Waals surface area contributed by atoms with Gasteiger partial charge in [0.2, 0.25) is 0 Å². The molecule has 114 valence electrons. The first-order valence-corrected chi connectivity index (χ1v) is 8.73. The fourth-order valence-electron chi connectivity index (χ4n) is 2.53. The molecule has 2 unspecified atom stereocenters. The standard InChI is InChI=1S/C18H25BrN2/c1-4-10-20-17(11-13(3)5-2)18-15(19)12-14-8-6-7-9-16(14)21-18/h6-9,12-13,17,20H,4-5,10-11H2,1-3H3. The third kappa shape index (κ3) is 4.27. The molecule has 1 N–H and O–H groups in total.